The molecular formula is C11H12BrN5O. The molecule has 94 valence electrons. The Balaban J connectivity index is 2.48. The van der Waals surface area contributed by atoms with Gasteiger partial charge in [-0.2, -0.15) is 0 Å². The Hall–Kier alpha value is -1.60. The first-order valence-electron chi connectivity index (χ1n) is 5.21. The Morgan fingerprint density at radius 1 is 1.22 bits per heavy atom. The monoisotopic (exact) mass is 309 g/mol. The van der Waals surface area contributed by atoms with Crippen molar-refractivity contribution in [2.75, 3.05) is 12.8 Å². The van der Waals surface area contributed by atoms with Gasteiger partial charge in [0.15, 0.2) is 11.6 Å². The Kier molecular flexibility index (Phi) is 3.83. The number of halogens is 1. The lowest BCUT2D eigenvalue weighted by Gasteiger charge is -2.07. The summed E-state index contributed by atoms with van der Waals surface area (Å²) in [6, 6.07) is 0. The highest BCUT2D eigenvalue weighted by Crippen LogP contribution is 2.24. The van der Waals surface area contributed by atoms with E-state index in [-0.39, 0.29) is 0 Å². The summed E-state index contributed by atoms with van der Waals surface area (Å²) in [7, 11) is 1.59. The van der Waals surface area contributed by atoms with E-state index in [9.17, 15) is 0 Å². The summed E-state index contributed by atoms with van der Waals surface area (Å²) in [5.74, 6) is 1.18. The van der Waals surface area contributed by atoms with Gasteiger partial charge in [-0.3, -0.25) is 0 Å². The molecule has 6 nitrogen and oxygen atoms in total. The maximum Gasteiger partial charge on any atom is 0.200 e. The molecule has 0 aromatic carbocycles. The van der Waals surface area contributed by atoms with Gasteiger partial charge in [0.05, 0.1) is 16.8 Å². The van der Waals surface area contributed by atoms with Gasteiger partial charge < -0.3 is 10.5 Å². The van der Waals surface area contributed by atoms with Crippen LogP contribution in [0.5, 0.6) is 0 Å². The zero-order valence-corrected chi connectivity index (χ0v) is 11.6. The van der Waals surface area contributed by atoms with Crippen LogP contribution in [0.25, 0.3) is 11.6 Å². The van der Waals surface area contributed by atoms with Crippen LogP contribution in [0.2, 0.25) is 0 Å². The first-order valence-corrected chi connectivity index (χ1v) is 6.01. The van der Waals surface area contributed by atoms with Crippen molar-refractivity contribution in [1.29, 1.82) is 0 Å². The summed E-state index contributed by atoms with van der Waals surface area (Å²) in [6.45, 7) is 2.25. The molecule has 18 heavy (non-hydrogen) atoms. The molecule has 0 atom stereocenters. The molecule has 2 N–H and O–H groups in total. The Bertz CT molecular complexity index is 558. The molecule has 2 aromatic heterocycles. The molecule has 0 aliphatic carbocycles. The number of nitrogen functional groups attached to an aromatic ring is 1. The van der Waals surface area contributed by atoms with Gasteiger partial charge in [-0.05, 0) is 28.4 Å². The third-order valence-electron chi connectivity index (χ3n) is 2.21. The van der Waals surface area contributed by atoms with Crippen LogP contribution in [-0.4, -0.2) is 27.0 Å². The molecule has 7 heteroatoms. The Morgan fingerprint density at radius 2 is 1.89 bits per heavy atom. The number of methoxy groups -OCH3 is 1. The number of hydrogen-bond donors (Lipinski definition) is 1. The molecule has 0 aliphatic heterocycles. The van der Waals surface area contributed by atoms with Crippen LogP contribution >= 0.6 is 15.9 Å². The summed E-state index contributed by atoms with van der Waals surface area (Å²) in [4.78, 5) is 16.8. The zero-order chi connectivity index (χ0) is 13.1. The van der Waals surface area contributed by atoms with Crippen molar-refractivity contribution < 1.29 is 4.74 Å². The lowest BCUT2D eigenvalue weighted by molar-refractivity contribution is 0.181. The van der Waals surface area contributed by atoms with Gasteiger partial charge in [-0.25, -0.2) is 19.9 Å². The van der Waals surface area contributed by atoms with Crippen molar-refractivity contribution in [2.45, 2.75) is 13.5 Å². The Labute approximate surface area is 113 Å². The van der Waals surface area contributed by atoms with E-state index < -0.39 is 0 Å². The van der Waals surface area contributed by atoms with Gasteiger partial charge in [0, 0.05) is 19.5 Å². The molecule has 2 heterocycles. The lowest BCUT2D eigenvalue weighted by Crippen LogP contribution is -2.05. The number of nitrogens with two attached hydrogens (primary N) is 1. The molecule has 0 saturated carbocycles. The largest absolute Gasteiger partial charge is 0.383 e. The maximum absolute atomic E-state index is 5.81. The number of nitrogens with zero attached hydrogens (tertiary/aromatic N) is 4. The predicted molar refractivity (Wildman–Crippen MR) is 70.6 cm³/mol. The molecule has 0 radical (unpaired) electrons. The van der Waals surface area contributed by atoms with Gasteiger partial charge >= 0.3 is 0 Å². The maximum atomic E-state index is 5.81. The second-order valence-corrected chi connectivity index (χ2v) is 4.50. The normalized spacial score (nSPS) is 10.6. The van der Waals surface area contributed by atoms with Crippen molar-refractivity contribution in [3.63, 3.8) is 0 Å². The Morgan fingerprint density at radius 3 is 2.50 bits per heavy atom. The lowest BCUT2D eigenvalue weighted by atomic mass is 10.3. The summed E-state index contributed by atoms with van der Waals surface area (Å²) in [6.07, 6.45) is 3.42. The van der Waals surface area contributed by atoms with Crippen molar-refractivity contribution in [3.8, 4) is 11.6 Å². The van der Waals surface area contributed by atoms with Gasteiger partial charge in [0.25, 0.3) is 0 Å². The molecule has 0 spiro atoms. The smallest absolute Gasteiger partial charge is 0.200 e. The fraction of sp³-hybridized carbons (Fsp3) is 0.273. The molecular weight excluding hydrogens is 298 g/mol. The standard InChI is InChI=1S/C11H12BrN5O/c1-6-3-14-10(15-4-6)11-16-7(5-18-2)8(12)9(13)17-11/h3-4H,5H2,1-2H3,(H2,13,16,17). The number of aromatic nitrogens is 4. The van der Waals surface area contributed by atoms with Crippen LogP contribution in [0.1, 0.15) is 11.3 Å². The van der Waals surface area contributed by atoms with Gasteiger partial charge in [-0.1, -0.05) is 0 Å². The highest BCUT2D eigenvalue weighted by molar-refractivity contribution is 9.10. The highest BCUT2D eigenvalue weighted by Gasteiger charge is 2.12. The SMILES string of the molecule is COCc1nc(-c2ncc(C)cn2)nc(N)c1Br. The van der Waals surface area contributed by atoms with E-state index in [0.717, 1.165) is 5.56 Å². The van der Waals surface area contributed by atoms with Crippen LogP contribution in [-0.2, 0) is 11.3 Å². The average molecular weight is 310 g/mol. The highest BCUT2D eigenvalue weighted by atomic mass is 79.9. The summed E-state index contributed by atoms with van der Waals surface area (Å²) in [5.41, 5.74) is 7.45. The van der Waals surface area contributed by atoms with Crippen molar-refractivity contribution in [1.82, 2.24) is 19.9 Å². The summed E-state index contributed by atoms with van der Waals surface area (Å²) in [5, 5.41) is 0. The summed E-state index contributed by atoms with van der Waals surface area (Å²) >= 11 is 3.33. The van der Waals surface area contributed by atoms with Crippen molar-refractivity contribution in [2.24, 2.45) is 0 Å². The zero-order valence-electron chi connectivity index (χ0n) is 10.0. The minimum absolute atomic E-state index is 0.339. The minimum atomic E-state index is 0.339. The first kappa shape index (κ1) is 12.8. The third-order valence-corrected chi connectivity index (χ3v) is 3.07. The van der Waals surface area contributed by atoms with E-state index in [0.29, 0.717) is 34.2 Å². The fourth-order valence-corrected chi connectivity index (χ4v) is 1.65. The number of aryl methyl sites for hydroxylation is 1. The number of ether oxygens (including phenoxy) is 1. The van der Waals surface area contributed by atoms with E-state index >= 15 is 0 Å². The predicted octanol–water partition coefficient (Wildman–Crippen LogP) is 1.73. The first-order chi connectivity index (χ1) is 8.61. The van der Waals surface area contributed by atoms with Crippen LogP contribution < -0.4 is 5.73 Å². The number of anilines is 1. The molecule has 0 fully saturated rings. The van der Waals surface area contributed by atoms with Crippen LogP contribution in [0.4, 0.5) is 5.82 Å². The third kappa shape index (κ3) is 2.62. The van der Waals surface area contributed by atoms with Crippen molar-refractivity contribution >= 4 is 21.7 Å². The molecule has 2 aromatic rings. The van der Waals surface area contributed by atoms with Crippen LogP contribution in [0.15, 0.2) is 16.9 Å². The van der Waals surface area contributed by atoms with Crippen molar-refractivity contribution in [3.05, 3.63) is 28.1 Å². The van der Waals surface area contributed by atoms with E-state index in [1.807, 2.05) is 6.92 Å². The van der Waals surface area contributed by atoms with E-state index in [1.54, 1.807) is 19.5 Å². The van der Waals surface area contributed by atoms with Crippen LogP contribution in [0, 0.1) is 6.92 Å². The average Bonchev–Trinajstić information content (AvgIpc) is 2.36. The quantitative estimate of drug-likeness (QED) is 0.929. The molecule has 0 unspecified atom stereocenters. The van der Waals surface area contributed by atoms with E-state index in [4.69, 9.17) is 10.5 Å². The van der Waals surface area contributed by atoms with E-state index in [2.05, 4.69) is 35.9 Å². The molecule has 0 amide bonds. The van der Waals surface area contributed by atoms with Gasteiger partial charge in [0.2, 0.25) is 0 Å². The summed E-state index contributed by atoms with van der Waals surface area (Å²) < 4.78 is 5.70. The molecule has 0 bridgehead atoms. The molecule has 0 aliphatic rings. The second kappa shape index (κ2) is 5.36. The van der Waals surface area contributed by atoms with E-state index in [1.165, 1.54) is 0 Å². The minimum Gasteiger partial charge on any atom is -0.383 e. The topological polar surface area (TPSA) is 86.8 Å². The molecule has 2 rings (SSSR count). The number of rotatable bonds is 3. The van der Waals surface area contributed by atoms with Crippen LogP contribution in [0.3, 0.4) is 0 Å². The fourth-order valence-electron chi connectivity index (χ4n) is 1.35. The molecule has 0 saturated heterocycles. The second-order valence-electron chi connectivity index (χ2n) is 3.71. The van der Waals surface area contributed by atoms with Gasteiger partial charge in [0.1, 0.15) is 5.82 Å². The number of hydrogen-bond acceptors (Lipinski definition) is 6. The van der Waals surface area contributed by atoms with Gasteiger partial charge in [-0.15, -0.1) is 0 Å².